The molecule has 1 aliphatic carbocycles. The van der Waals surface area contributed by atoms with Gasteiger partial charge in [0.05, 0.1) is 0 Å². The van der Waals surface area contributed by atoms with Gasteiger partial charge in [0.1, 0.15) is 16.1 Å². The third-order valence-corrected chi connectivity index (χ3v) is 12.2. The summed E-state index contributed by atoms with van der Waals surface area (Å²) in [7, 11) is -3.09. The summed E-state index contributed by atoms with van der Waals surface area (Å²) >= 11 is 0. The molecular formula is C21H28Si2. The van der Waals surface area contributed by atoms with E-state index in [0.717, 1.165) is 5.92 Å². The van der Waals surface area contributed by atoms with Crippen molar-refractivity contribution in [1.82, 2.24) is 0 Å². The summed E-state index contributed by atoms with van der Waals surface area (Å²) in [5.41, 5.74) is 2.75. The van der Waals surface area contributed by atoms with Gasteiger partial charge in [0.15, 0.2) is 0 Å². The highest BCUT2D eigenvalue weighted by molar-refractivity contribution is 7.00. The Morgan fingerprint density at radius 3 is 1.74 bits per heavy atom. The standard InChI is InChI=1S/C21H28Si2/c1-22(2,19-11-7-5-8-12-19)17-21(18-15-16-18)23(3,4)20-13-9-6-10-14-20/h5-14,17-18H,15-16H2,1-4H3/b21-17-. The molecule has 23 heavy (non-hydrogen) atoms. The van der Waals surface area contributed by atoms with Crippen molar-refractivity contribution in [2.45, 2.75) is 39.0 Å². The Bertz CT molecular complexity index is 680. The summed E-state index contributed by atoms with van der Waals surface area (Å²) in [4.78, 5) is 0. The first-order valence-corrected chi connectivity index (χ1v) is 14.8. The van der Waals surface area contributed by atoms with E-state index in [9.17, 15) is 0 Å². The van der Waals surface area contributed by atoms with Crippen LogP contribution in [0.2, 0.25) is 26.2 Å². The molecule has 0 saturated heterocycles. The molecular weight excluding hydrogens is 308 g/mol. The minimum Gasteiger partial charge on any atom is -0.0943 e. The van der Waals surface area contributed by atoms with Crippen LogP contribution in [0.1, 0.15) is 12.8 Å². The lowest BCUT2D eigenvalue weighted by Crippen LogP contribution is -2.48. The monoisotopic (exact) mass is 336 g/mol. The van der Waals surface area contributed by atoms with Crippen LogP contribution >= 0.6 is 0 Å². The fraction of sp³-hybridized carbons (Fsp3) is 0.333. The lowest BCUT2D eigenvalue weighted by molar-refractivity contribution is 1.07. The van der Waals surface area contributed by atoms with Crippen molar-refractivity contribution in [3.63, 3.8) is 0 Å². The van der Waals surface area contributed by atoms with Gasteiger partial charge in [-0.1, -0.05) is 108 Å². The van der Waals surface area contributed by atoms with E-state index >= 15 is 0 Å². The zero-order chi connectivity index (χ0) is 16.5. The summed E-state index contributed by atoms with van der Waals surface area (Å²) in [5.74, 6) is 0.854. The average Bonchev–Trinajstić information content (AvgIpc) is 3.39. The maximum atomic E-state index is 2.75. The molecule has 0 nitrogen and oxygen atoms in total. The quantitative estimate of drug-likeness (QED) is 0.698. The van der Waals surface area contributed by atoms with Gasteiger partial charge in [0.2, 0.25) is 0 Å². The Hall–Kier alpha value is -1.39. The minimum absolute atomic E-state index is 0.854. The third kappa shape index (κ3) is 3.59. The maximum Gasteiger partial charge on any atom is 0.107 e. The van der Waals surface area contributed by atoms with Crippen molar-refractivity contribution in [2.24, 2.45) is 5.92 Å². The zero-order valence-corrected chi connectivity index (χ0v) is 16.8. The van der Waals surface area contributed by atoms with E-state index in [1.807, 2.05) is 5.20 Å². The van der Waals surface area contributed by atoms with Crippen LogP contribution in [0.25, 0.3) is 0 Å². The largest absolute Gasteiger partial charge is 0.107 e. The molecule has 3 rings (SSSR count). The van der Waals surface area contributed by atoms with E-state index in [4.69, 9.17) is 0 Å². The lowest BCUT2D eigenvalue weighted by atomic mass is 10.4. The Morgan fingerprint density at radius 2 is 1.26 bits per heavy atom. The van der Waals surface area contributed by atoms with Crippen molar-refractivity contribution < 1.29 is 0 Å². The van der Waals surface area contributed by atoms with Gasteiger partial charge in [-0.3, -0.25) is 0 Å². The third-order valence-electron chi connectivity index (χ3n) is 5.27. The Morgan fingerprint density at radius 1 is 0.783 bits per heavy atom. The molecule has 0 spiro atoms. The van der Waals surface area contributed by atoms with Crippen LogP contribution in [0.4, 0.5) is 0 Å². The first-order valence-electron chi connectivity index (χ1n) is 8.75. The molecule has 1 saturated carbocycles. The molecule has 120 valence electrons. The summed E-state index contributed by atoms with van der Waals surface area (Å²) < 4.78 is 0. The first-order chi connectivity index (χ1) is 10.9. The molecule has 2 aromatic rings. The average molecular weight is 337 g/mol. The van der Waals surface area contributed by atoms with Gasteiger partial charge in [-0.25, -0.2) is 0 Å². The summed E-state index contributed by atoms with van der Waals surface area (Å²) in [5, 5.41) is 4.94. The second kappa shape index (κ2) is 6.25. The van der Waals surface area contributed by atoms with Crippen LogP contribution in [-0.4, -0.2) is 16.1 Å². The van der Waals surface area contributed by atoms with Crippen molar-refractivity contribution >= 4 is 26.5 Å². The first kappa shape index (κ1) is 16.5. The van der Waals surface area contributed by atoms with Crippen molar-refractivity contribution in [2.75, 3.05) is 0 Å². The van der Waals surface area contributed by atoms with Crippen molar-refractivity contribution in [1.29, 1.82) is 0 Å². The number of hydrogen-bond acceptors (Lipinski definition) is 0. The molecule has 0 radical (unpaired) electrons. The van der Waals surface area contributed by atoms with E-state index in [1.165, 1.54) is 12.8 Å². The molecule has 0 aliphatic heterocycles. The van der Waals surface area contributed by atoms with Gasteiger partial charge < -0.3 is 0 Å². The van der Waals surface area contributed by atoms with Gasteiger partial charge in [-0.15, -0.1) is 0 Å². The van der Waals surface area contributed by atoms with Crippen molar-refractivity contribution in [3.8, 4) is 0 Å². The van der Waals surface area contributed by atoms with Crippen molar-refractivity contribution in [3.05, 3.63) is 71.6 Å². The van der Waals surface area contributed by atoms with Crippen LogP contribution in [-0.2, 0) is 0 Å². The molecule has 0 unspecified atom stereocenters. The van der Waals surface area contributed by atoms with E-state index in [0.29, 0.717) is 0 Å². The smallest absolute Gasteiger partial charge is 0.0943 e. The van der Waals surface area contributed by atoms with Crippen LogP contribution in [0.5, 0.6) is 0 Å². The second-order valence-corrected chi connectivity index (χ2v) is 16.7. The van der Waals surface area contributed by atoms with Gasteiger partial charge in [-0.2, -0.15) is 0 Å². The highest BCUT2D eigenvalue weighted by atomic mass is 28.3. The summed E-state index contributed by atoms with van der Waals surface area (Å²) in [6, 6.07) is 22.4. The molecule has 0 amide bonds. The Labute approximate surface area is 143 Å². The molecule has 2 heteroatoms. The van der Waals surface area contributed by atoms with Crippen LogP contribution in [0.3, 0.4) is 0 Å². The molecule has 0 atom stereocenters. The van der Waals surface area contributed by atoms with Gasteiger partial charge in [0, 0.05) is 0 Å². The normalized spacial score (nSPS) is 16.4. The molecule has 0 bridgehead atoms. The van der Waals surface area contributed by atoms with E-state index < -0.39 is 16.1 Å². The molecule has 1 aliphatic rings. The highest BCUT2D eigenvalue weighted by Crippen LogP contribution is 2.41. The predicted octanol–water partition coefficient (Wildman–Crippen LogP) is 4.63. The topological polar surface area (TPSA) is 0 Å². The summed E-state index contributed by atoms with van der Waals surface area (Å²) in [6.45, 7) is 10.1. The van der Waals surface area contributed by atoms with E-state index in [1.54, 1.807) is 10.4 Å². The van der Waals surface area contributed by atoms with Gasteiger partial charge >= 0.3 is 0 Å². The number of rotatable bonds is 5. The van der Waals surface area contributed by atoms with Crippen LogP contribution in [0, 0.1) is 5.92 Å². The number of benzene rings is 2. The zero-order valence-electron chi connectivity index (χ0n) is 14.8. The number of allylic oxidation sites excluding steroid dienone is 1. The van der Waals surface area contributed by atoms with Crippen LogP contribution < -0.4 is 10.4 Å². The van der Waals surface area contributed by atoms with Gasteiger partial charge in [-0.05, 0) is 18.8 Å². The SMILES string of the molecule is C[Si](C)(/C=C(/C1CC1)[Si](C)(C)c1ccccc1)c1ccccc1. The Balaban J connectivity index is 2.02. The fourth-order valence-corrected chi connectivity index (χ4v) is 11.0. The Kier molecular flexibility index (Phi) is 4.48. The molecule has 2 aromatic carbocycles. The molecule has 1 fully saturated rings. The highest BCUT2D eigenvalue weighted by Gasteiger charge is 2.39. The predicted molar refractivity (Wildman–Crippen MR) is 108 cm³/mol. The van der Waals surface area contributed by atoms with E-state index in [2.05, 4.69) is 92.6 Å². The van der Waals surface area contributed by atoms with E-state index in [-0.39, 0.29) is 0 Å². The maximum absolute atomic E-state index is 2.75. The van der Waals surface area contributed by atoms with Crippen LogP contribution in [0.15, 0.2) is 71.6 Å². The lowest BCUT2D eigenvalue weighted by Gasteiger charge is -2.31. The molecule has 0 heterocycles. The molecule has 0 aromatic heterocycles. The minimum atomic E-state index is -1.56. The molecule has 0 N–H and O–H groups in total. The second-order valence-electron chi connectivity index (χ2n) is 7.95. The fourth-order valence-electron chi connectivity index (χ4n) is 3.56. The summed E-state index contributed by atoms with van der Waals surface area (Å²) in [6.07, 6.45) is 2.79. The van der Waals surface area contributed by atoms with Gasteiger partial charge in [0.25, 0.3) is 0 Å². The number of hydrogen-bond donors (Lipinski definition) is 0.